The molecule has 7 nitrogen and oxygen atoms in total. The Balaban J connectivity index is 1.62. The summed E-state index contributed by atoms with van der Waals surface area (Å²) in [6, 6.07) is 9.76. The number of thiophene rings is 1. The molecule has 1 aromatic carbocycles. The molecule has 2 heterocycles. The van der Waals surface area contributed by atoms with Crippen LogP contribution in [-0.2, 0) is 15.8 Å². The highest BCUT2D eigenvalue weighted by atomic mass is 32.2. The third-order valence-electron chi connectivity index (χ3n) is 4.07. The van der Waals surface area contributed by atoms with Crippen LogP contribution in [0.25, 0.3) is 0 Å². The van der Waals surface area contributed by atoms with Crippen LogP contribution in [0.15, 0.2) is 51.0 Å². The number of hydrogen-bond donors (Lipinski definition) is 1. The van der Waals surface area contributed by atoms with E-state index in [2.05, 4.69) is 21.6 Å². The summed E-state index contributed by atoms with van der Waals surface area (Å²) in [5.74, 6) is 0.443. The van der Waals surface area contributed by atoms with E-state index in [0.29, 0.717) is 10.7 Å². The molecular weight excluding hydrogens is 448 g/mol. The Morgan fingerprint density at radius 2 is 1.93 bits per heavy atom. The maximum absolute atomic E-state index is 12.5. The van der Waals surface area contributed by atoms with Gasteiger partial charge in [-0.25, -0.2) is 8.42 Å². The zero-order chi connectivity index (χ0) is 21.0. The van der Waals surface area contributed by atoms with E-state index in [-0.39, 0.29) is 16.8 Å². The second-order valence-electron chi connectivity index (χ2n) is 6.33. The van der Waals surface area contributed by atoms with Crippen LogP contribution >= 0.6 is 34.4 Å². The van der Waals surface area contributed by atoms with Gasteiger partial charge in [-0.2, -0.15) is 4.31 Å². The molecule has 0 radical (unpaired) electrons. The van der Waals surface area contributed by atoms with E-state index in [0.717, 1.165) is 10.1 Å². The number of anilines is 1. The van der Waals surface area contributed by atoms with Gasteiger partial charge in [0.2, 0.25) is 15.2 Å². The molecule has 2 aromatic heterocycles. The van der Waals surface area contributed by atoms with Crippen LogP contribution in [-0.4, -0.2) is 41.9 Å². The lowest BCUT2D eigenvalue weighted by molar-refractivity contribution is 0.102. The molecule has 3 aromatic rings. The van der Waals surface area contributed by atoms with Crippen molar-refractivity contribution in [2.45, 2.75) is 34.9 Å². The lowest BCUT2D eigenvalue weighted by atomic mass is 10.2. The minimum absolute atomic E-state index is 0.147. The molecule has 29 heavy (non-hydrogen) atoms. The van der Waals surface area contributed by atoms with Crippen LogP contribution in [0.2, 0.25) is 0 Å². The molecule has 0 aliphatic rings. The average Bonchev–Trinajstić information content (AvgIpc) is 3.37. The number of nitrogens with zero attached hydrogens (tertiary/aromatic N) is 3. The average molecular weight is 469 g/mol. The summed E-state index contributed by atoms with van der Waals surface area (Å²) in [7, 11) is -2.05. The van der Waals surface area contributed by atoms with Crippen molar-refractivity contribution in [1.29, 1.82) is 0 Å². The number of benzene rings is 1. The van der Waals surface area contributed by atoms with Gasteiger partial charge >= 0.3 is 0 Å². The van der Waals surface area contributed by atoms with E-state index in [4.69, 9.17) is 0 Å². The second kappa shape index (κ2) is 9.35. The van der Waals surface area contributed by atoms with Crippen LogP contribution in [0.1, 0.15) is 29.1 Å². The smallest absolute Gasteiger partial charge is 0.257 e. The van der Waals surface area contributed by atoms with Gasteiger partial charge < -0.3 is 0 Å². The minimum atomic E-state index is -3.58. The van der Waals surface area contributed by atoms with E-state index in [1.54, 1.807) is 36.9 Å². The Bertz CT molecular complexity index is 1060. The molecule has 1 amide bonds. The third kappa shape index (κ3) is 5.43. The van der Waals surface area contributed by atoms with Gasteiger partial charge in [0.15, 0.2) is 4.34 Å². The fourth-order valence-corrected chi connectivity index (χ4v) is 6.13. The molecule has 0 fully saturated rings. The highest BCUT2D eigenvalue weighted by Crippen LogP contribution is 2.29. The Hall–Kier alpha value is -1.79. The molecule has 0 saturated carbocycles. The number of rotatable bonds is 8. The van der Waals surface area contributed by atoms with Crippen LogP contribution < -0.4 is 5.32 Å². The first kappa shape index (κ1) is 21.9. The number of carbonyl (C=O) groups is 1. The third-order valence-corrected chi connectivity index (χ3v) is 9.19. The van der Waals surface area contributed by atoms with E-state index < -0.39 is 10.0 Å². The molecule has 0 unspecified atom stereocenters. The van der Waals surface area contributed by atoms with Gasteiger partial charge in [-0.05, 0) is 49.6 Å². The minimum Gasteiger partial charge on any atom is -0.296 e. The van der Waals surface area contributed by atoms with Crippen molar-refractivity contribution >= 4 is 55.5 Å². The van der Waals surface area contributed by atoms with Gasteiger partial charge in [-0.1, -0.05) is 29.2 Å². The fourth-order valence-electron chi connectivity index (χ4n) is 2.24. The van der Waals surface area contributed by atoms with Gasteiger partial charge in [0.25, 0.3) is 5.91 Å². The Kier molecular flexibility index (Phi) is 7.06. The predicted octanol–water partition coefficient (Wildman–Crippen LogP) is 4.17. The number of nitrogens with one attached hydrogen (secondary N) is 1. The van der Waals surface area contributed by atoms with E-state index >= 15 is 0 Å². The first-order valence-electron chi connectivity index (χ1n) is 8.65. The summed E-state index contributed by atoms with van der Waals surface area (Å²) in [5.41, 5.74) is 0.346. The summed E-state index contributed by atoms with van der Waals surface area (Å²) in [6.07, 6.45) is 0. The first-order valence-corrected chi connectivity index (χ1v) is 12.8. The number of sulfonamides is 1. The summed E-state index contributed by atoms with van der Waals surface area (Å²) >= 11 is 4.55. The maximum Gasteiger partial charge on any atom is 0.257 e. The predicted molar refractivity (Wildman–Crippen MR) is 118 cm³/mol. The van der Waals surface area contributed by atoms with E-state index in [9.17, 15) is 13.2 Å². The largest absolute Gasteiger partial charge is 0.296 e. The summed E-state index contributed by atoms with van der Waals surface area (Å²) in [6.45, 7) is 3.60. The van der Waals surface area contributed by atoms with Crippen LogP contribution in [0.5, 0.6) is 0 Å². The van der Waals surface area contributed by atoms with Gasteiger partial charge in [-0.3, -0.25) is 10.1 Å². The lowest BCUT2D eigenvalue weighted by Gasteiger charge is -2.20. The monoisotopic (exact) mass is 468 g/mol. The van der Waals surface area contributed by atoms with Crippen molar-refractivity contribution < 1.29 is 13.2 Å². The molecule has 3 rings (SSSR count). The quantitative estimate of drug-likeness (QED) is 0.394. The molecule has 1 N–H and O–H groups in total. The molecule has 11 heteroatoms. The highest BCUT2D eigenvalue weighted by Gasteiger charge is 2.23. The van der Waals surface area contributed by atoms with E-state index in [1.807, 2.05) is 11.4 Å². The zero-order valence-electron chi connectivity index (χ0n) is 16.0. The van der Waals surface area contributed by atoms with Gasteiger partial charge in [0.1, 0.15) is 0 Å². The summed E-state index contributed by atoms with van der Waals surface area (Å²) < 4.78 is 27.1. The van der Waals surface area contributed by atoms with Crippen molar-refractivity contribution in [2.75, 3.05) is 12.4 Å². The standard InChI is InChI=1S/C18H20N4O3S4/c1-12(2)22(3)29(24,25)15-8-6-13(7-9-15)16(23)19-17-20-21-18(28-17)27-11-14-5-4-10-26-14/h4-10,12H,11H2,1-3H3,(H,19,20,23). The lowest BCUT2D eigenvalue weighted by Crippen LogP contribution is -2.33. The molecule has 0 aliphatic heterocycles. The number of carbonyl (C=O) groups excluding carboxylic acids is 1. The van der Waals surface area contributed by atoms with Gasteiger partial charge in [0, 0.05) is 29.3 Å². The zero-order valence-corrected chi connectivity index (χ0v) is 19.3. The van der Waals surface area contributed by atoms with E-state index in [1.165, 1.54) is 51.8 Å². The normalized spacial score (nSPS) is 11.9. The molecule has 0 saturated heterocycles. The molecule has 0 aliphatic carbocycles. The summed E-state index contributed by atoms with van der Waals surface area (Å²) in [4.78, 5) is 13.8. The van der Waals surface area contributed by atoms with Crippen molar-refractivity contribution in [3.63, 3.8) is 0 Å². The molecule has 154 valence electrons. The van der Waals surface area contributed by atoms with Gasteiger partial charge in [-0.15, -0.1) is 21.5 Å². The SMILES string of the molecule is CC(C)N(C)S(=O)(=O)c1ccc(C(=O)Nc2nnc(SCc3cccs3)s2)cc1. The van der Waals surface area contributed by atoms with Crippen molar-refractivity contribution in [1.82, 2.24) is 14.5 Å². The maximum atomic E-state index is 12.5. The van der Waals surface area contributed by atoms with Crippen LogP contribution in [0, 0.1) is 0 Å². The van der Waals surface area contributed by atoms with Gasteiger partial charge in [0.05, 0.1) is 4.90 Å². The first-order chi connectivity index (χ1) is 13.8. The molecular formula is C18H20N4O3S4. The Labute approximate surface area is 182 Å². The molecule has 0 atom stereocenters. The van der Waals surface area contributed by atoms with Crippen molar-refractivity contribution in [3.05, 3.63) is 52.2 Å². The van der Waals surface area contributed by atoms with Crippen molar-refractivity contribution in [3.8, 4) is 0 Å². The summed E-state index contributed by atoms with van der Waals surface area (Å²) in [5, 5.41) is 13.2. The van der Waals surface area contributed by atoms with Crippen LogP contribution in [0.3, 0.4) is 0 Å². The number of aromatic nitrogens is 2. The topological polar surface area (TPSA) is 92.3 Å². The van der Waals surface area contributed by atoms with Crippen LogP contribution in [0.4, 0.5) is 5.13 Å². The number of amides is 1. The Morgan fingerprint density at radius 1 is 1.21 bits per heavy atom. The van der Waals surface area contributed by atoms with Crippen molar-refractivity contribution in [2.24, 2.45) is 0 Å². The Morgan fingerprint density at radius 3 is 2.55 bits per heavy atom. The molecule has 0 bridgehead atoms. The number of hydrogen-bond acceptors (Lipinski definition) is 8. The molecule has 0 spiro atoms. The fraction of sp³-hybridized carbons (Fsp3) is 0.278. The second-order valence-corrected chi connectivity index (χ2v) is 11.6. The highest BCUT2D eigenvalue weighted by molar-refractivity contribution is 8.00. The number of thioether (sulfide) groups is 1.